The summed E-state index contributed by atoms with van der Waals surface area (Å²) in [5.74, 6) is 1.06. The van der Waals surface area contributed by atoms with Crippen LogP contribution in [0.2, 0.25) is 0 Å². The molecule has 2 aliphatic heterocycles. The highest BCUT2D eigenvalue weighted by Gasteiger charge is 2.44. The minimum absolute atomic E-state index is 0.270. The molecule has 0 spiro atoms. The van der Waals surface area contributed by atoms with Crippen molar-refractivity contribution < 1.29 is 14.1 Å². The molecule has 138 valence electrons. The molecule has 2 aliphatic rings. The lowest BCUT2D eigenvalue weighted by molar-refractivity contribution is -0.147. The van der Waals surface area contributed by atoms with E-state index in [9.17, 15) is 4.79 Å². The van der Waals surface area contributed by atoms with E-state index in [-0.39, 0.29) is 5.91 Å². The van der Waals surface area contributed by atoms with Crippen molar-refractivity contribution in [3.05, 3.63) is 41.7 Å². The van der Waals surface area contributed by atoms with E-state index in [0.717, 1.165) is 55.8 Å². The lowest BCUT2D eigenvalue weighted by atomic mass is 9.75. The molecule has 2 aromatic rings. The number of aryl methyl sites for hydroxylation is 1. The summed E-state index contributed by atoms with van der Waals surface area (Å²) in [5.41, 5.74) is 2.66. The molecule has 0 radical (unpaired) electrons. The first-order valence-electron chi connectivity index (χ1n) is 9.56. The van der Waals surface area contributed by atoms with Crippen molar-refractivity contribution in [2.75, 3.05) is 26.3 Å². The zero-order valence-electron chi connectivity index (χ0n) is 15.4. The van der Waals surface area contributed by atoms with Crippen LogP contribution in [0.4, 0.5) is 0 Å². The molecule has 1 amide bonds. The third-order valence-corrected chi connectivity index (χ3v) is 5.68. The summed E-state index contributed by atoms with van der Waals surface area (Å²) in [6.45, 7) is 5.10. The zero-order valence-corrected chi connectivity index (χ0v) is 15.4. The molecule has 3 heterocycles. The highest BCUT2D eigenvalue weighted by molar-refractivity contribution is 5.83. The number of ether oxygens (including phenoxy) is 1. The van der Waals surface area contributed by atoms with Gasteiger partial charge in [0, 0.05) is 44.4 Å². The Kier molecular flexibility index (Phi) is 4.81. The van der Waals surface area contributed by atoms with E-state index in [4.69, 9.17) is 9.26 Å². The van der Waals surface area contributed by atoms with Crippen molar-refractivity contribution in [1.29, 1.82) is 0 Å². The molecule has 5 heteroatoms. The number of rotatable bonds is 4. The fourth-order valence-corrected chi connectivity index (χ4v) is 4.15. The number of carbonyl (C=O) groups is 1. The summed E-state index contributed by atoms with van der Waals surface area (Å²) in [6.07, 6.45) is 4.33. The van der Waals surface area contributed by atoms with Crippen molar-refractivity contribution in [3.8, 4) is 11.3 Å². The fourth-order valence-electron chi connectivity index (χ4n) is 4.15. The quantitative estimate of drug-likeness (QED) is 0.842. The Balaban J connectivity index is 1.57. The van der Waals surface area contributed by atoms with Gasteiger partial charge in [-0.3, -0.25) is 4.79 Å². The van der Waals surface area contributed by atoms with Crippen molar-refractivity contribution in [2.24, 2.45) is 5.41 Å². The van der Waals surface area contributed by atoms with E-state index < -0.39 is 5.41 Å². The van der Waals surface area contributed by atoms with Crippen LogP contribution in [0.3, 0.4) is 0 Å². The summed E-state index contributed by atoms with van der Waals surface area (Å²) in [4.78, 5) is 15.3. The van der Waals surface area contributed by atoms with Crippen LogP contribution >= 0.6 is 0 Å². The number of likely N-dealkylation sites (tertiary alicyclic amines) is 1. The van der Waals surface area contributed by atoms with E-state index in [1.165, 1.54) is 5.56 Å². The smallest absolute Gasteiger partial charge is 0.229 e. The number of hydrogen-bond acceptors (Lipinski definition) is 4. The van der Waals surface area contributed by atoms with Crippen LogP contribution in [0.1, 0.15) is 37.0 Å². The Morgan fingerprint density at radius 3 is 2.69 bits per heavy atom. The maximum Gasteiger partial charge on any atom is 0.229 e. The molecular weight excluding hydrogens is 328 g/mol. The van der Waals surface area contributed by atoms with Gasteiger partial charge in [0.2, 0.25) is 5.91 Å². The molecule has 0 saturated carbocycles. The van der Waals surface area contributed by atoms with Crippen LogP contribution in [0.15, 0.2) is 34.9 Å². The molecule has 1 aromatic carbocycles. The summed E-state index contributed by atoms with van der Waals surface area (Å²) >= 11 is 0. The first-order chi connectivity index (χ1) is 12.7. The van der Waals surface area contributed by atoms with Crippen molar-refractivity contribution >= 4 is 5.91 Å². The number of carbonyl (C=O) groups excluding carboxylic acids is 1. The molecule has 26 heavy (non-hydrogen) atoms. The van der Waals surface area contributed by atoms with Gasteiger partial charge in [-0.05, 0) is 38.7 Å². The maximum absolute atomic E-state index is 13.3. The minimum atomic E-state index is -0.411. The lowest BCUT2D eigenvalue weighted by Crippen LogP contribution is -2.47. The normalized spacial score (nSPS) is 19.7. The average Bonchev–Trinajstić information content (AvgIpc) is 3.34. The second-order valence-electron chi connectivity index (χ2n) is 7.62. The summed E-state index contributed by atoms with van der Waals surface area (Å²) in [6, 6.07) is 10.2. The first kappa shape index (κ1) is 17.3. The Hall–Kier alpha value is -2.14. The molecule has 1 aromatic heterocycles. The molecule has 0 unspecified atom stereocenters. The van der Waals surface area contributed by atoms with E-state index in [1.807, 2.05) is 23.1 Å². The molecule has 0 aliphatic carbocycles. The lowest BCUT2D eigenvalue weighted by Gasteiger charge is -2.38. The topological polar surface area (TPSA) is 55.6 Å². The van der Waals surface area contributed by atoms with Crippen LogP contribution in [0.5, 0.6) is 0 Å². The summed E-state index contributed by atoms with van der Waals surface area (Å²) in [5, 5.41) is 4.25. The molecule has 0 bridgehead atoms. The molecule has 0 N–H and O–H groups in total. The maximum atomic E-state index is 13.3. The predicted molar refractivity (Wildman–Crippen MR) is 98.7 cm³/mol. The van der Waals surface area contributed by atoms with Crippen LogP contribution < -0.4 is 0 Å². The Labute approximate surface area is 154 Å². The molecule has 4 rings (SSSR count). The van der Waals surface area contributed by atoms with Gasteiger partial charge >= 0.3 is 0 Å². The largest absolute Gasteiger partial charge is 0.381 e. The summed E-state index contributed by atoms with van der Waals surface area (Å²) < 4.78 is 11.2. The number of nitrogens with zero attached hydrogens (tertiary/aromatic N) is 2. The SMILES string of the molecule is Cc1cccc(-c2cc(CC3(C(=O)N4CCCC4)CCOCC3)on2)c1. The molecule has 2 fully saturated rings. The monoisotopic (exact) mass is 354 g/mol. The van der Waals surface area contributed by atoms with Gasteiger partial charge < -0.3 is 14.2 Å². The van der Waals surface area contributed by atoms with E-state index in [1.54, 1.807) is 0 Å². The van der Waals surface area contributed by atoms with E-state index in [0.29, 0.717) is 19.6 Å². The van der Waals surface area contributed by atoms with Gasteiger partial charge in [-0.15, -0.1) is 0 Å². The molecular formula is C21H26N2O3. The fraction of sp³-hybridized carbons (Fsp3) is 0.524. The van der Waals surface area contributed by atoms with Crippen LogP contribution in [0.25, 0.3) is 11.3 Å². The molecule has 2 saturated heterocycles. The zero-order chi connectivity index (χ0) is 18.0. The van der Waals surface area contributed by atoms with Crippen LogP contribution in [-0.4, -0.2) is 42.3 Å². The van der Waals surface area contributed by atoms with Gasteiger partial charge in [-0.25, -0.2) is 0 Å². The third kappa shape index (κ3) is 3.40. The van der Waals surface area contributed by atoms with Gasteiger partial charge in [-0.1, -0.05) is 28.9 Å². The Bertz CT molecular complexity index is 771. The van der Waals surface area contributed by atoms with E-state index >= 15 is 0 Å². The molecule has 0 atom stereocenters. The van der Waals surface area contributed by atoms with Gasteiger partial charge in [-0.2, -0.15) is 0 Å². The second kappa shape index (κ2) is 7.23. The van der Waals surface area contributed by atoms with Gasteiger partial charge in [0.1, 0.15) is 11.5 Å². The van der Waals surface area contributed by atoms with Crippen molar-refractivity contribution in [1.82, 2.24) is 10.1 Å². The van der Waals surface area contributed by atoms with Crippen molar-refractivity contribution in [2.45, 2.75) is 39.0 Å². The minimum Gasteiger partial charge on any atom is -0.381 e. The van der Waals surface area contributed by atoms with Gasteiger partial charge in [0.15, 0.2) is 0 Å². The average molecular weight is 354 g/mol. The van der Waals surface area contributed by atoms with Gasteiger partial charge in [0.25, 0.3) is 0 Å². The number of amides is 1. The first-order valence-corrected chi connectivity index (χ1v) is 9.56. The van der Waals surface area contributed by atoms with Crippen molar-refractivity contribution in [3.63, 3.8) is 0 Å². The molecule has 5 nitrogen and oxygen atoms in total. The van der Waals surface area contributed by atoms with E-state index in [2.05, 4.69) is 24.2 Å². The van der Waals surface area contributed by atoms with Crippen LogP contribution in [-0.2, 0) is 16.0 Å². The predicted octanol–water partition coefficient (Wildman–Crippen LogP) is 3.61. The highest BCUT2D eigenvalue weighted by Crippen LogP contribution is 2.38. The highest BCUT2D eigenvalue weighted by atomic mass is 16.5. The number of benzene rings is 1. The Morgan fingerprint density at radius 2 is 1.96 bits per heavy atom. The third-order valence-electron chi connectivity index (χ3n) is 5.68. The Morgan fingerprint density at radius 1 is 1.19 bits per heavy atom. The summed E-state index contributed by atoms with van der Waals surface area (Å²) in [7, 11) is 0. The van der Waals surface area contributed by atoms with Crippen LogP contribution in [0, 0.1) is 12.3 Å². The standard InChI is InChI=1S/C21H26N2O3/c1-16-5-4-6-17(13-16)19-14-18(26-22-19)15-21(7-11-25-12-8-21)20(24)23-9-2-3-10-23/h4-6,13-14H,2-3,7-12,15H2,1H3. The number of hydrogen-bond donors (Lipinski definition) is 0. The van der Waals surface area contributed by atoms with Gasteiger partial charge in [0.05, 0.1) is 5.41 Å². The number of aromatic nitrogens is 1. The second-order valence-corrected chi connectivity index (χ2v) is 7.62.